The van der Waals surface area contributed by atoms with Gasteiger partial charge in [0.05, 0.1) is 11.2 Å². The highest BCUT2D eigenvalue weighted by Gasteiger charge is 2.16. The molecule has 0 heterocycles. The summed E-state index contributed by atoms with van der Waals surface area (Å²) in [5.41, 5.74) is 2.09. The molecule has 0 fully saturated rings. The predicted octanol–water partition coefficient (Wildman–Crippen LogP) is 5.30. The Morgan fingerprint density at radius 1 is 0.600 bits per heavy atom. The molecule has 0 aliphatic rings. The van der Waals surface area contributed by atoms with E-state index in [2.05, 4.69) is 6.07 Å². The van der Waals surface area contributed by atoms with Crippen molar-refractivity contribution in [3.05, 3.63) is 95.1 Å². The van der Waals surface area contributed by atoms with E-state index in [1.165, 1.54) is 0 Å². The molecular weight excluding hydrogens is 376 g/mol. The molecule has 0 atom stereocenters. The van der Waals surface area contributed by atoms with Gasteiger partial charge in [-0.3, -0.25) is 0 Å². The lowest BCUT2D eigenvalue weighted by molar-refractivity contribution is 0.0779. The Balaban J connectivity index is 1.56. The fourth-order valence-corrected chi connectivity index (χ4v) is 3.06. The van der Waals surface area contributed by atoms with Crippen molar-refractivity contribution in [1.29, 1.82) is 0 Å². The third-order valence-electron chi connectivity index (χ3n) is 4.92. The number of ether oxygens (including phenoxy) is 2. The molecule has 0 aliphatic carbocycles. The maximum absolute atomic E-state index is 10.0. The Hall–Kier alpha value is -2.82. The van der Waals surface area contributed by atoms with E-state index >= 15 is 0 Å². The van der Waals surface area contributed by atoms with Crippen LogP contribution < -0.4 is 9.47 Å². The zero-order valence-electron chi connectivity index (χ0n) is 18.1. The summed E-state index contributed by atoms with van der Waals surface area (Å²) in [4.78, 5) is 0. The highest BCUT2D eigenvalue weighted by molar-refractivity contribution is 5.32. The Bertz CT molecular complexity index is 869. The summed E-state index contributed by atoms with van der Waals surface area (Å²) < 4.78 is 11.8. The van der Waals surface area contributed by atoms with Crippen LogP contribution in [0.1, 0.15) is 49.9 Å². The summed E-state index contributed by atoms with van der Waals surface area (Å²) in [5.74, 6) is 1.52. The number of aliphatic hydroxyl groups is 2. The third-order valence-corrected chi connectivity index (χ3v) is 4.92. The average Bonchev–Trinajstić information content (AvgIpc) is 2.70. The SMILES string of the molecule is CC(C)(O)c1ccc(OCc2cccc(COc3ccc(C(C)(C)O)cc3)c2)cc1. The number of rotatable bonds is 8. The molecule has 2 N–H and O–H groups in total. The van der Waals surface area contributed by atoms with Gasteiger partial charge in [0, 0.05) is 0 Å². The zero-order chi connectivity index (χ0) is 21.8. The third kappa shape index (κ3) is 6.09. The fourth-order valence-electron chi connectivity index (χ4n) is 3.06. The van der Waals surface area contributed by atoms with Crippen molar-refractivity contribution in [3.8, 4) is 11.5 Å². The van der Waals surface area contributed by atoms with Crippen molar-refractivity contribution in [2.24, 2.45) is 0 Å². The summed E-state index contributed by atoms with van der Waals surface area (Å²) in [6.45, 7) is 7.96. The van der Waals surface area contributed by atoms with E-state index in [4.69, 9.17) is 9.47 Å². The van der Waals surface area contributed by atoms with Crippen LogP contribution in [-0.4, -0.2) is 10.2 Å². The summed E-state index contributed by atoms with van der Waals surface area (Å²) in [6, 6.07) is 23.1. The van der Waals surface area contributed by atoms with Gasteiger partial charge in [0.1, 0.15) is 24.7 Å². The summed E-state index contributed by atoms with van der Waals surface area (Å²) in [7, 11) is 0. The number of hydrogen-bond donors (Lipinski definition) is 2. The van der Waals surface area contributed by atoms with E-state index in [-0.39, 0.29) is 0 Å². The van der Waals surface area contributed by atoms with Gasteiger partial charge in [-0.15, -0.1) is 0 Å². The quantitative estimate of drug-likeness (QED) is 0.533. The lowest BCUT2D eigenvalue weighted by Crippen LogP contribution is -2.14. The summed E-state index contributed by atoms with van der Waals surface area (Å²) >= 11 is 0. The topological polar surface area (TPSA) is 58.9 Å². The van der Waals surface area contributed by atoms with Crippen LogP contribution in [0, 0.1) is 0 Å². The molecule has 30 heavy (non-hydrogen) atoms. The van der Waals surface area contributed by atoms with Gasteiger partial charge >= 0.3 is 0 Å². The molecule has 0 amide bonds. The summed E-state index contributed by atoms with van der Waals surface area (Å²) in [6.07, 6.45) is 0. The van der Waals surface area contributed by atoms with Crippen LogP contribution in [0.25, 0.3) is 0 Å². The fraction of sp³-hybridized carbons (Fsp3) is 0.308. The molecule has 0 radical (unpaired) electrons. The zero-order valence-corrected chi connectivity index (χ0v) is 18.1. The van der Waals surface area contributed by atoms with E-state index in [9.17, 15) is 10.2 Å². The molecule has 0 aliphatic heterocycles. The molecule has 3 rings (SSSR count). The molecule has 0 bridgehead atoms. The number of hydrogen-bond acceptors (Lipinski definition) is 4. The minimum atomic E-state index is -0.860. The van der Waals surface area contributed by atoms with Crippen molar-refractivity contribution < 1.29 is 19.7 Å². The maximum Gasteiger partial charge on any atom is 0.119 e. The lowest BCUT2D eigenvalue weighted by Gasteiger charge is -2.18. The van der Waals surface area contributed by atoms with Crippen LogP contribution in [0.4, 0.5) is 0 Å². The molecule has 0 unspecified atom stereocenters. The Labute approximate surface area is 178 Å². The second-order valence-electron chi connectivity index (χ2n) is 8.56. The first-order valence-electron chi connectivity index (χ1n) is 10.1. The van der Waals surface area contributed by atoms with Crippen LogP contribution in [0.5, 0.6) is 11.5 Å². The highest BCUT2D eigenvalue weighted by atomic mass is 16.5. The van der Waals surface area contributed by atoms with Gasteiger partial charge < -0.3 is 19.7 Å². The van der Waals surface area contributed by atoms with Crippen LogP contribution >= 0.6 is 0 Å². The molecule has 158 valence electrons. The molecule has 3 aromatic carbocycles. The lowest BCUT2D eigenvalue weighted by atomic mass is 9.99. The van der Waals surface area contributed by atoms with Gasteiger partial charge in [0.25, 0.3) is 0 Å². The normalized spacial score (nSPS) is 11.9. The Morgan fingerprint density at radius 3 is 1.30 bits per heavy atom. The van der Waals surface area contributed by atoms with Crippen LogP contribution in [0.2, 0.25) is 0 Å². The van der Waals surface area contributed by atoms with Crippen molar-refractivity contribution in [2.75, 3.05) is 0 Å². The molecule has 4 heteroatoms. The van der Waals surface area contributed by atoms with E-state index < -0.39 is 11.2 Å². The highest BCUT2D eigenvalue weighted by Crippen LogP contribution is 2.24. The van der Waals surface area contributed by atoms with Crippen LogP contribution in [-0.2, 0) is 24.4 Å². The second-order valence-corrected chi connectivity index (χ2v) is 8.56. The first kappa shape index (κ1) is 21.9. The predicted molar refractivity (Wildman–Crippen MR) is 118 cm³/mol. The first-order chi connectivity index (χ1) is 14.1. The van der Waals surface area contributed by atoms with Gasteiger partial charge in [0.15, 0.2) is 0 Å². The van der Waals surface area contributed by atoms with E-state index in [0.29, 0.717) is 13.2 Å². The van der Waals surface area contributed by atoms with Gasteiger partial charge in [-0.2, -0.15) is 0 Å². The molecular formula is C26H30O4. The first-order valence-corrected chi connectivity index (χ1v) is 10.1. The van der Waals surface area contributed by atoms with Gasteiger partial charge in [-0.05, 0) is 80.3 Å². The Morgan fingerprint density at radius 2 is 0.967 bits per heavy atom. The van der Waals surface area contributed by atoms with Crippen molar-refractivity contribution in [1.82, 2.24) is 0 Å². The minimum Gasteiger partial charge on any atom is -0.489 e. The molecule has 0 saturated heterocycles. The van der Waals surface area contributed by atoms with E-state index in [1.807, 2.05) is 66.7 Å². The van der Waals surface area contributed by atoms with E-state index in [1.54, 1.807) is 27.7 Å². The maximum atomic E-state index is 10.0. The smallest absolute Gasteiger partial charge is 0.119 e. The minimum absolute atomic E-state index is 0.454. The molecule has 0 spiro atoms. The monoisotopic (exact) mass is 406 g/mol. The van der Waals surface area contributed by atoms with Gasteiger partial charge in [-0.1, -0.05) is 42.5 Å². The largest absolute Gasteiger partial charge is 0.489 e. The van der Waals surface area contributed by atoms with Gasteiger partial charge in [-0.25, -0.2) is 0 Å². The van der Waals surface area contributed by atoms with Crippen molar-refractivity contribution in [3.63, 3.8) is 0 Å². The standard InChI is InChI=1S/C26H30O4/c1-25(2,27)21-8-12-23(13-9-21)29-17-19-6-5-7-20(16-19)18-30-24-14-10-22(11-15-24)26(3,4)28/h5-16,27-28H,17-18H2,1-4H3. The van der Waals surface area contributed by atoms with Crippen LogP contribution in [0.3, 0.4) is 0 Å². The number of benzene rings is 3. The Kier molecular flexibility index (Phi) is 6.49. The molecule has 0 saturated carbocycles. The molecule has 3 aromatic rings. The van der Waals surface area contributed by atoms with Crippen molar-refractivity contribution >= 4 is 0 Å². The van der Waals surface area contributed by atoms with Crippen LogP contribution in [0.15, 0.2) is 72.8 Å². The second kappa shape index (κ2) is 8.90. The summed E-state index contributed by atoms with van der Waals surface area (Å²) in [5, 5.41) is 20.1. The average molecular weight is 407 g/mol. The molecule has 0 aromatic heterocycles. The van der Waals surface area contributed by atoms with Gasteiger partial charge in [0.2, 0.25) is 0 Å². The molecule has 4 nitrogen and oxygen atoms in total. The van der Waals surface area contributed by atoms with E-state index in [0.717, 1.165) is 33.8 Å². The van der Waals surface area contributed by atoms with Crippen molar-refractivity contribution in [2.45, 2.75) is 52.1 Å².